The first-order chi connectivity index (χ1) is 12.1. The number of rotatable bonds is 4. The Bertz CT molecular complexity index is 862. The molecule has 0 radical (unpaired) electrons. The van der Waals surface area contributed by atoms with E-state index in [4.69, 9.17) is 14.4 Å². The minimum Gasteiger partial charge on any atom is -0.465 e. The maximum atomic E-state index is 12.5. The molecule has 0 N–H and O–H groups in total. The smallest absolute Gasteiger partial charge is 0.349 e. The molecule has 1 aliphatic rings. The van der Waals surface area contributed by atoms with Crippen molar-refractivity contribution >= 4 is 23.6 Å². The van der Waals surface area contributed by atoms with Crippen LogP contribution in [0.25, 0.3) is 6.08 Å². The fourth-order valence-corrected chi connectivity index (χ4v) is 2.87. The van der Waals surface area contributed by atoms with Crippen LogP contribution in [0.5, 0.6) is 0 Å². The number of furan rings is 1. The van der Waals surface area contributed by atoms with Crippen molar-refractivity contribution in [3.05, 3.63) is 59.6 Å². The molecule has 0 aliphatic carbocycles. The summed E-state index contributed by atoms with van der Waals surface area (Å²) in [6.07, 6.45) is 3.47. The third-order valence-corrected chi connectivity index (χ3v) is 3.97. The van der Waals surface area contributed by atoms with E-state index in [0.29, 0.717) is 5.76 Å². The van der Waals surface area contributed by atoms with Crippen LogP contribution in [0.4, 0.5) is 5.69 Å². The Balaban J connectivity index is 1.66. The number of hydrogen-bond acceptors (Lipinski definition) is 5. The van der Waals surface area contributed by atoms with Crippen molar-refractivity contribution in [2.45, 2.75) is 19.4 Å². The van der Waals surface area contributed by atoms with Crippen LogP contribution in [0.2, 0.25) is 0 Å². The van der Waals surface area contributed by atoms with Gasteiger partial charge in [0, 0.05) is 17.8 Å². The normalized spacial score (nSPS) is 16.2. The molecule has 2 aromatic rings. The van der Waals surface area contributed by atoms with Crippen molar-refractivity contribution in [3.8, 4) is 6.07 Å². The first-order valence-corrected chi connectivity index (χ1v) is 7.82. The summed E-state index contributed by atoms with van der Waals surface area (Å²) in [5.74, 6) is -0.810. The van der Waals surface area contributed by atoms with Crippen LogP contribution in [0.3, 0.4) is 0 Å². The van der Waals surface area contributed by atoms with E-state index >= 15 is 0 Å². The van der Waals surface area contributed by atoms with Crippen LogP contribution in [0.1, 0.15) is 18.2 Å². The predicted octanol–water partition coefficient (Wildman–Crippen LogP) is 2.71. The largest absolute Gasteiger partial charge is 0.465 e. The SMILES string of the molecule is C[C@H]1Cc2ccccc2N1C(=O)COC(=O)/C(C#N)=C/c1ccco1. The van der Waals surface area contributed by atoms with E-state index in [1.807, 2.05) is 31.2 Å². The van der Waals surface area contributed by atoms with Gasteiger partial charge in [0.15, 0.2) is 6.61 Å². The van der Waals surface area contributed by atoms with Crippen molar-refractivity contribution in [3.63, 3.8) is 0 Å². The zero-order chi connectivity index (χ0) is 17.8. The molecule has 0 saturated carbocycles. The first-order valence-electron chi connectivity index (χ1n) is 7.82. The molecule has 1 aliphatic heterocycles. The molecule has 1 amide bonds. The van der Waals surface area contributed by atoms with Gasteiger partial charge in [-0.3, -0.25) is 4.79 Å². The number of nitrogens with zero attached hydrogens (tertiary/aromatic N) is 2. The molecule has 25 heavy (non-hydrogen) atoms. The summed E-state index contributed by atoms with van der Waals surface area (Å²) < 4.78 is 10.1. The second-order valence-electron chi connectivity index (χ2n) is 5.71. The second kappa shape index (κ2) is 7.05. The number of amides is 1. The van der Waals surface area contributed by atoms with E-state index in [1.165, 1.54) is 12.3 Å². The Kier molecular flexibility index (Phi) is 4.66. The minimum atomic E-state index is -0.854. The molecule has 3 rings (SSSR count). The standard InChI is InChI=1S/C19H16N2O4/c1-13-9-14-5-2-3-7-17(14)21(13)18(22)12-25-19(23)15(11-20)10-16-6-4-8-24-16/h2-8,10,13H,9,12H2,1H3/b15-10+/t13-/m0/s1. The number of carbonyl (C=O) groups is 2. The Morgan fingerprint density at radius 1 is 1.36 bits per heavy atom. The maximum absolute atomic E-state index is 12.5. The maximum Gasteiger partial charge on any atom is 0.349 e. The molecule has 1 aromatic carbocycles. The monoisotopic (exact) mass is 336 g/mol. The van der Waals surface area contributed by atoms with E-state index < -0.39 is 12.6 Å². The number of ether oxygens (including phenoxy) is 1. The Morgan fingerprint density at radius 3 is 2.88 bits per heavy atom. The summed E-state index contributed by atoms with van der Waals surface area (Å²) in [5, 5.41) is 9.09. The van der Waals surface area contributed by atoms with Gasteiger partial charge in [-0.15, -0.1) is 0 Å². The summed E-state index contributed by atoms with van der Waals surface area (Å²) >= 11 is 0. The fourth-order valence-electron chi connectivity index (χ4n) is 2.87. The highest BCUT2D eigenvalue weighted by Gasteiger charge is 2.31. The molecule has 0 spiro atoms. The van der Waals surface area contributed by atoms with Gasteiger partial charge in [-0.05, 0) is 37.1 Å². The van der Waals surface area contributed by atoms with Gasteiger partial charge in [-0.2, -0.15) is 5.26 Å². The summed E-state index contributed by atoms with van der Waals surface area (Å²) in [6.45, 7) is 1.52. The molecule has 1 atom stereocenters. The molecular weight excluding hydrogens is 320 g/mol. The van der Waals surface area contributed by atoms with Gasteiger partial charge in [-0.1, -0.05) is 18.2 Å². The third kappa shape index (κ3) is 3.45. The lowest BCUT2D eigenvalue weighted by molar-refractivity contribution is -0.143. The number of para-hydroxylation sites is 1. The molecule has 6 heteroatoms. The van der Waals surface area contributed by atoms with E-state index in [0.717, 1.165) is 17.7 Å². The average Bonchev–Trinajstić information content (AvgIpc) is 3.23. The van der Waals surface area contributed by atoms with E-state index in [9.17, 15) is 9.59 Å². The van der Waals surface area contributed by atoms with Gasteiger partial charge in [0.25, 0.3) is 5.91 Å². The summed E-state index contributed by atoms with van der Waals surface area (Å²) in [6, 6.07) is 12.6. The van der Waals surface area contributed by atoms with Crippen LogP contribution in [0.15, 0.2) is 52.7 Å². The highest BCUT2D eigenvalue weighted by molar-refractivity contribution is 6.01. The molecule has 2 heterocycles. The van der Waals surface area contributed by atoms with Crippen molar-refractivity contribution in [1.82, 2.24) is 0 Å². The molecule has 126 valence electrons. The van der Waals surface area contributed by atoms with Gasteiger partial charge in [0.1, 0.15) is 17.4 Å². The molecule has 0 saturated heterocycles. The Labute approximate surface area is 144 Å². The highest BCUT2D eigenvalue weighted by Crippen LogP contribution is 2.31. The topological polar surface area (TPSA) is 83.5 Å². The van der Waals surface area contributed by atoms with Gasteiger partial charge in [-0.25, -0.2) is 4.79 Å². The van der Waals surface area contributed by atoms with E-state index in [1.54, 1.807) is 23.1 Å². The molecule has 0 fully saturated rings. The zero-order valence-corrected chi connectivity index (χ0v) is 13.6. The van der Waals surface area contributed by atoms with Crippen LogP contribution in [-0.4, -0.2) is 24.5 Å². The number of anilines is 1. The highest BCUT2D eigenvalue weighted by atomic mass is 16.5. The van der Waals surface area contributed by atoms with Crippen LogP contribution >= 0.6 is 0 Å². The van der Waals surface area contributed by atoms with Crippen molar-refractivity contribution in [2.75, 3.05) is 11.5 Å². The second-order valence-corrected chi connectivity index (χ2v) is 5.71. The Hall–Kier alpha value is -3.33. The number of fused-ring (bicyclic) bond motifs is 1. The first kappa shape index (κ1) is 16.5. The minimum absolute atomic E-state index is 0.00213. The van der Waals surface area contributed by atoms with Crippen LogP contribution in [-0.2, 0) is 20.7 Å². The third-order valence-electron chi connectivity index (χ3n) is 3.97. The van der Waals surface area contributed by atoms with Crippen molar-refractivity contribution < 1.29 is 18.7 Å². The quantitative estimate of drug-likeness (QED) is 0.487. The van der Waals surface area contributed by atoms with Crippen molar-refractivity contribution in [1.29, 1.82) is 5.26 Å². The number of hydrogen-bond donors (Lipinski definition) is 0. The van der Waals surface area contributed by atoms with Crippen LogP contribution < -0.4 is 4.90 Å². The summed E-state index contributed by atoms with van der Waals surface area (Å²) in [7, 11) is 0. The zero-order valence-electron chi connectivity index (χ0n) is 13.6. The number of benzene rings is 1. The van der Waals surface area contributed by atoms with Gasteiger partial charge >= 0.3 is 5.97 Å². The van der Waals surface area contributed by atoms with E-state index in [-0.39, 0.29) is 17.5 Å². The van der Waals surface area contributed by atoms with E-state index in [2.05, 4.69) is 0 Å². The van der Waals surface area contributed by atoms with Gasteiger partial charge < -0.3 is 14.1 Å². The fraction of sp³-hybridized carbons (Fsp3) is 0.211. The lowest BCUT2D eigenvalue weighted by Crippen LogP contribution is -2.38. The number of esters is 1. The van der Waals surface area contributed by atoms with Gasteiger partial charge in [0.05, 0.1) is 6.26 Å². The predicted molar refractivity (Wildman–Crippen MR) is 90.4 cm³/mol. The van der Waals surface area contributed by atoms with Crippen molar-refractivity contribution in [2.24, 2.45) is 0 Å². The summed E-state index contributed by atoms with van der Waals surface area (Å²) in [5.41, 5.74) is 1.70. The van der Waals surface area contributed by atoms with Gasteiger partial charge in [0.2, 0.25) is 0 Å². The molecule has 6 nitrogen and oxygen atoms in total. The summed E-state index contributed by atoms with van der Waals surface area (Å²) in [4.78, 5) is 26.1. The molecular formula is C19H16N2O4. The number of carbonyl (C=O) groups excluding carboxylic acids is 2. The molecule has 0 bridgehead atoms. The lowest BCUT2D eigenvalue weighted by atomic mass is 10.1. The Morgan fingerprint density at radius 2 is 2.16 bits per heavy atom. The molecule has 0 unspecified atom stereocenters. The average molecular weight is 336 g/mol. The van der Waals surface area contributed by atoms with Crippen LogP contribution in [0, 0.1) is 11.3 Å². The lowest BCUT2D eigenvalue weighted by Gasteiger charge is -2.22. The number of nitriles is 1. The molecule has 1 aromatic heterocycles.